The molecule has 0 bridgehead atoms. The van der Waals surface area contributed by atoms with Crippen LogP contribution in [0.25, 0.3) is 10.3 Å². The molecule has 0 spiro atoms. The number of nitrogens with one attached hydrogen (secondary N) is 2. The van der Waals surface area contributed by atoms with Crippen molar-refractivity contribution >= 4 is 54.3 Å². The Morgan fingerprint density at radius 2 is 2.09 bits per heavy atom. The van der Waals surface area contributed by atoms with E-state index in [2.05, 4.69) is 40.4 Å². The summed E-state index contributed by atoms with van der Waals surface area (Å²) in [6, 6.07) is 10.1. The van der Waals surface area contributed by atoms with E-state index in [4.69, 9.17) is 0 Å². The van der Waals surface area contributed by atoms with E-state index in [9.17, 15) is 13.6 Å². The number of anilines is 3. The molecule has 0 aliphatic carbocycles. The first-order chi connectivity index (χ1) is 16.5. The van der Waals surface area contributed by atoms with Gasteiger partial charge in [0.1, 0.15) is 5.75 Å². The molecule has 1 aliphatic rings. The summed E-state index contributed by atoms with van der Waals surface area (Å²) < 4.78 is 30.2. The maximum Gasteiger partial charge on any atom is 0.387 e. The number of alkyl halides is 2. The number of amides is 1. The average Bonchev–Trinajstić information content (AvgIpc) is 3.53. The summed E-state index contributed by atoms with van der Waals surface area (Å²) in [7, 11) is 0. The van der Waals surface area contributed by atoms with E-state index in [1.165, 1.54) is 23.5 Å². The Morgan fingerprint density at radius 3 is 2.94 bits per heavy atom. The first-order valence-corrected chi connectivity index (χ1v) is 12.1. The van der Waals surface area contributed by atoms with Gasteiger partial charge in [0.25, 0.3) is 0 Å². The molecule has 0 radical (unpaired) electrons. The van der Waals surface area contributed by atoms with Crippen molar-refractivity contribution in [2.75, 3.05) is 28.6 Å². The molecule has 2 N–H and O–H groups in total. The van der Waals surface area contributed by atoms with Crippen LogP contribution in [0.4, 0.5) is 24.2 Å². The van der Waals surface area contributed by atoms with Crippen molar-refractivity contribution in [1.82, 2.24) is 20.2 Å². The summed E-state index contributed by atoms with van der Waals surface area (Å²) in [6.45, 7) is -1.27. The van der Waals surface area contributed by atoms with E-state index in [0.717, 1.165) is 35.0 Å². The highest BCUT2D eigenvalue weighted by atomic mass is 32.1. The number of aromatic nitrogens is 4. The van der Waals surface area contributed by atoms with Crippen molar-refractivity contribution in [2.24, 2.45) is 0 Å². The second kappa shape index (κ2) is 9.81. The van der Waals surface area contributed by atoms with E-state index < -0.39 is 6.61 Å². The second-order valence-corrected chi connectivity index (χ2v) is 9.55. The lowest BCUT2D eigenvalue weighted by atomic mass is 10.1. The molecule has 9 nitrogen and oxygen atoms in total. The number of thiazole rings is 1. The smallest absolute Gasteiger partial charge is 0.387 e. The van der Waals surface area contributed by atoms with Crippen molar-refractivity contribution in [3.63, 3.8) is 0 Å². The third-order valence-electron chi connectivity index (χ3n) is 5.10. The number of carbonyl (C=O) groups is 1. The first-order valence-electron chi connectivity index (χ1n) is 10.4. The number of rotatable bonds is 8. The number of nitrogens with zero attached hydrogens (tertiary/aromatic N) is 5. The number of hydrogen-bond acceptors (Lipinski definition) is 10. The molecule has 1 atom stereocenters. The fourth-order valence-corrected chi connectivity index (χ4v) is 5.33. The van der Waals surface area contributed by atoms with Gasteiger partial charge < -0.3 is 20.3 Å². The summed E-state index contributed by atoms with van der Waals surface area (Å²) in [5.74, 6) is -0.316. The molecule has 1 fully saturated rings. The second-order valence-electron chi connectivity index (χ2n) is 7.56. The Balaban J connectivity index is 1.14. The van der Waals surface area contributed by atoms with Crippen molar-refractivity contribution in [1.29, 1.82) is 0 Å². The summed E-state index contributed by atoms with van der Waals surface area (Å²) in [5.41, 5.74) is 1.31. The molecular weight excluding hydrogens is 484 g/mol. The molecular formula is C21H19F2N7O2S2. The number of hydrogen-bond donors (Lipinski definition) is 2. The fraction of sp³-hybridized carbons (Fsp3) is 0.286. The minimum absolute atomic E-state index is 0.00259. The molecule has 5 rings (SSSR count). The van der Waals surface area contributed by atoms with Gasteiger partial charge in [-0.2, -0.15) is 13.8 Å². The van der Waals surface area contributed by atoms with Crippen LogP contribution in [0.3, 0.4) is 0 Å². The fourth-order valence-electron chi connectivity index (χ4n) is 3.63. The van der Waals surface area contributed by atoms with Crippen LogP contribution in [0, 0.1) is 0 Å². The molecule has 0 saturated carbocycles. The van der Waals surface area contributed by atoms with Gasteiger partial charge in [0.15, 0.2) is 10.8 Å². The summed E-state index contributed by atoms with van der Waals surface area (Å²) in [5, 5.41) is 16.1. The van der Waals surface area contributed by atoms with E-state index in [0.29, 0.717) is 15.8 Å². The maximum absolute atomic E-state index is 12.4. The molecule has 4 heterocycles. The zero-order valence-corrected chi connectivity index (χ0v) is 19.3. The molecule has 1 amide bonds. The van der Waals surface area contributed by atoms with E-state index in [-0.39, 0.29) is 24.1 Å². The van der Waals surface area contributed by atoms with Gasteiger partial charge in [-0.1, -0.05) is 34.8 Å². The van der Waals surface area contributed by atoms with Crippen LogP contribution in [-0.2, 0) is 11.2 Å². The molecule has 4 aromatic rings. The third kappa shape index (κ3) is 5.37. The van der Waals surface area contributed by atoms with Crippen LogP contribution >= 0.6 is 22.7 Å². The summed E-state index contributed by atoms with van der Waals surface area (Å²) in [6.07, 6.45) is 2.66. The summed E-state index contributed by atoms with van der Waals surface area (Å²) >= 11 is 2.87. The van der Waals surface area contributed by atoms with Crippen LogP contribution in [-0.4, -0.2) is 51.8 Å². The largest absolute Gasteiger partial charge is 0.435 e. The normalized spacial score (nSPS) is 15.7. The number of benzene rings is 1. The molecule has 13 heteroatoms. The topological polar surface area (TPSA) is 105 Å². The highest BCUT2D eigenvalue weighted by Crippen LogP contribution is 2.31. The number of halogens is 2. The Labute approximate surface area is 200 Å². The van der Waals surface area contributed by atoms with Gasteiger partial charge >= 0.3 is 6.61 Å². The quantitative estimate of drug-likeness (QED) is 0.372. The van der Waals surface area contributed by atoms with Crippen molar-refractivity contribution in [2.45, 2.75) is 25.5 Å². The first kappa shape index (κ1) is 22.3. The van der Waals surface area contributed by atoms with Gasteiger partial charge in [0.05, 0.1) is 11.1 Å². The molecule has 3 aromatic heterocycles. The van der Waals surface area contributed by atoms with Gasteiger partial charge in [-0.15, -0.1) is 10.2 Å². The summed E-state index contributed by atoms with van der Waals surface area (Å²) in [4.78, 5) is 23.5. The standard InChI is InChI=1S/C21H19F2N7O2S2/c22-18(23)32-14-4-1-3-12(9-14)10-16(31)26-20-29-28-19(34-20)25-13-6-8-30(11-13)21-27-17-15(33-21)5-2-7-24-17/h1-5,7,9,13,18H,6,8,10-11H2,(H,25,28)(H,26,29,31)/t13-/m1/s1. The van der Waals surface area contributed by atoms with Crippen molar-refractivity contribution < 1.29 is 18.3 Å². The SMILES string of the molecule is O=C(Cc1cccc(OC(F)F)c1)Nc1nnc(N[C@@H]2CCN(c3nc4ncccc4s3)C2)s1. The zero-order valence-electron chi connectivity index (χ0n) is 17.6. The Hall–Kier alpha value is -3.45. The lowest BCUT2D eigenvalue weighted by Gasteiger charge is -2.14. The van der Waals surface area contributed by atoms with Gasteiger partial charge in [-0.05, 0) is 36.2 Å². The molecule has 34 heavy (non-hydrogen) atoms. The minimum Gasteiger partial charge on any atom is -0.435 e. The highest BCUT2D eigenvalue weighted by Gasteiger charge is 2.26. The van der Waals surface area contributed by atoms with E-state index in [1.807, 2.05) is 12.1 Å². The number of pyridine rings is 1. The van der Waals surface area contributed by atoms with Crippen LogP contribution in [0.15, 0.2) is 42.6 Å². The molecule has 1 saturated heterocycles. The van der Waals surface area contributed by atoms with Gasteiger partial charge in [0.2, 0.25) is 16.2 Å². The lowest BCUT2D eigenvalue weighted by molar-refractivity contribution is -0.115. The van der Waals surface area contributed by atoms with Crippen LogP contribution in [0.5, 0.6) is 5.75 Å². The Kier molecular flexibility index (Phi) is 6.45. The van der Waals surface area contributed by atoms with Crippen LogP contribution < -0.4 is 20.3 Å². The van der Waals surface area contributed by atoms with Crippen LogP contribution in [0.1, 0.15) is 12.0 Å². The van der Waals surface area contributed by atoms with E-state index >= 15 is 0 Å². The van der Waals surface area contributed by atoms with Crippen molar-refractivity contribution in [3.05, 3.63) is 48.2 Å². The number of ether oxygens (including phenoxy) is 1. The van der Waals surface area contributed by atoms with Gasteiger partial charge in [-0.3, -0.25) is 4.79 Å². The lowest BCUT2D eigenvalue weighted by Crippen LogP contribution is -2.25. The van der Waals surface area contributed by atoms with Gasteiger partial charge in [-0.25, -0.2) is 4.98 Å². The molecule has 1 aromatic carbocycles. The predicted molar refractivity (Wildman–Crippen MR) is 127 cm³/mol. The highest BCUT2D eigenvalue weighted by molar-refractivity contribution is 7.22. The van der Waals surface area contributed by atoms with Crippen LogP contribution in [0.2, 0.25) is 0 Å². The minimum atomic E-state index is -2.92. The third-order valence-corrected chi connectivity index (χ3v) is 6.94. The molecule has 176 valence electrons. The maximum atomic E-state index is 12.4. The predicted octanol–water partition coefficient (Wildman–Crippen LogP) is 4.02. The average molecular weight is 504 g/mol. The Bertz CT molecular complexity index is 1270. The number of carbonyl (C=O) groups excluding carboxylic acids is 1. The van der Waals surface area contributed by atoms with Gasteiger partial charge in [0, 0.05) is 25.3 Å². The zero-order chi connectivity index (χ0) is 23.5. The van der Waals surface area contributed by atoms with E-state index in [1.54, 1.807) is 29.7 Å². The number of fused-ring (bicyclic) bond motifs is 1. The van der Waals surface area contributed by atoms with Crippen molar-refractivity contribution in [3.8, 4) is 5.75 Å². The monoisotopic (exact) mass is 503 g/mol. The molecule has 1 aliphatic heterocycles. The molecule has 0 unspecified atom stereocenters. The Morgan fingerprint density at radius 1 is 1.21 bits per heavy atom.